The Morgan fingerprint density at radius 2 is 1.79 bits per heavy atom. The van der Waals surface area contributed by atoms with Crippen LogP contribution in [0.1, 0.15) is 46.8 Å². The molecule has 3 heterocycles. The van der Waals surface area contributed by atoms with Crippen molar-refractivity contribution in [2.75, 3.05) is 20.1 Å². The molecule has 0 radical (unpaired) electrons. The summed E-state index contributed by atoms with van der Waals surface area (Å²) in [6, 6.07) is 21.0. The maximum Gasteiger partial charge on any atom is 0.160 e. The van der Waals surface area contributed by atoms with E-state index in [9.17, 15) is 0 Å². The monoisotopic (exact) mass is 473 g/mol. The summed E-state index contributed by atoms with van der Waals surface area (Å²) in [6.07, 6.45) is 4.33. The number of hydrogen-bond acceptors (Lipinski definition) is 4. The Morgan fingerprint density at radius 3 is 2.59 bits per heavy atom. The molecule has 0 N–H and O–H groups in total. The molecule has 1 unspecified atom stereocenters. The number of halogens is 1. The molecule has 0 bridgehead atoms. The predicted molar refractivity (Wildman–Crippen MR) is 138 cm³/mol. The summed E-state index contributed by atoms with van der Waals surface area (Å²) < 4.78 is 2.11. The summed E-state index contributed by atoms with van der Waals surface area (Å²) in [5.41, 5.74) is 7.16. The second-order valence-corrected chi connectivity index (χ2v) is 9.96. The lowest BCUT2D eigenvalue weighted by Gasteiger charge is -2.33. The first-order valence-corrected chi connectivity index (χ1v) is 12.5. The third-order valence-corrected chi connectivity index (χ3v) is 7.06. The van der Waals surface area contributed by atoms with Gasteiger partial charge in [-0.25, -0.2) is 9.50 Å². The topological polar surface area (TPSA) is 36.7 Å². The molecular formula is C28H32ClN5. The summed E-state index contributed by atoms with van der Waals surface area (Å²) in [4.78, 5) is 9.65. The van der Waals surface area contributed by atoms with Crippen molar-refractivity contribution in [3.05, 3.63) is 100.0 Å². The van der Waals surface area contributed by atoms with E-state index in [4.69, 9.17) is 21.7 Å². The first-order valence-electron chi connectivity index (χ1n) is 12.1. The molecule has 0 spiro atoms. The van der Waals surface area contributed by atoms with E-state index in [2.05, 4.69) is 76.8 Å². The van der Waals surface area contributed by atoms with Crippen LogP contribution in [0.2, 0.25) is 5.02 Å². The maximum atomic E-state index is 6.07. The largest absolute Gasteiger partial charge is 0.298 e. The van der Waals surface area contributed by atoms with Gasteiger partial charge in [0.05, 0.1) is 11.4 Å². The number of nitrogens with zero attached hydrogens (tertiary/aromatic N) is 5. The number of benzene rings is 2. The fraction of sp³-hybridized carbons (Fsp3) is 0.357. The molecule has 5 rings (SSSR count). The highest BCUT2D eigenvalue weighted by Crippen LogP contribution is 2.29. The van der Waals surface area contributed by atoms with Crippen molar-refractivity contribution in [2.45, 2.75) is 45.3 Å². The van der Waals surface area contributed by atoms with E-state index in [0.717, 1.165) is 49.1 Å². The Balaban J connectivity index is 1.34. The zero-order chi connectivity index (χ0) is 23.5. The third kappa shape index (κ3) is 5.17. The average Bonchev–Trinajstić information content (AvgIpc) is 3.16. The lowest BCUT2D eigenvalue weighted by molar-refractivity contribution is 0.197. The van der Waals surface area contributed by atoms with Crippen LogP contribution in [0, 0.1) is 6.92 Å². The summed E-state index contributed by atoms with van der Waals surface area (Å²) in [7, 11) is 2.16. The van der Waals surface area contributed by atoms with Crippen LogP contribution >= 0.6 is 11.6 Å². The molecule has 176 valence electrons. The molecule has 5 nitrogen and oxygen atoms in total. The second kappa shape index (κ2) is 10.3. The summed E-state index contributed by atoms with van der Waals surface area (Å²) in [5.74, 6) is 0.445. The van der Waals surface area contributed by atoms with E-state index >= 15 is 0 Å². The second-order valence-electron chi connectivity index (χ2n) is 9.53. The minimum atomic E-state index is 0.445. The number of hydrogen-bond donors (Lipinski definition) is 0. The normalized spacial score (nSPS) is 17.0. The van der Waals surface area contributed by atoms with Crippen molar-refractivity contribution in [1.29, 1.82) is 0 Å². The van der Waals surface area contributed by atoms with Gasteiger partial charge in [-0.1, -0.05) is 54.1 Å². The molecule has 0 aliphatic carbocycles. The molecular weight excluding hydrogens is 442 g/mol. The van der Waals surface area contributed by atoms with E-state index in [0.29, 0.717) is 5.92 Å². The minimum Gasteiger partial charge on any atom is -0.298 e. The average molecular weight is 474 g/mol. The molecule has 1 fully saturated rings. The molecule has 1 aliphatic heterocycles. The summed E-state index contributed by atoms with van der Waals surface area (Å²) >= 11 is 6.07. The zero-order valence-electron chi connectivity index (χ0n) is 20.0. The van der Waals surface area contributed by atoms with Gasteiger partial charge in [0.2, 0.25) is 0 Å². The molecule has 4 aromatic rings. The Morgan fingerprint density at radius 1 is 1.00 bits per heavy atom. The van der Waals surface area contributed by atoms with Crippen molar-refractivity contribution in [2.24, 2.45) is 0 Å². The van der Waals surface area contributed by atoms with E-state index in [-0.39, 0.29) is 0 Å². The Kier molecular flexibility index (Phi) is 6.95. The molecule has 6 heteroatoms. The Labute approximate surface area is 207 Å². The van der Waals surface area contributed by atoms with Gasteiger partial charge in [-0.15, -0.1) is 0 Å². The van der Waals surface area contributed by atoms with Gasteiger partial charge in [0.15, 0.2) is 5.65 Å². The molecule has 1 atom stereocenters. The molecule has 0 saturated carbocycles. The highest BCUT2D eigenvalue weighted by Gasteiger charge is 2.25. The number of fused-ring (bicyclic) bond motifs is 1. The smallest absolute Gasteiger partial charge is 0.160 e. The number of aromatic nitrogens is 3. The summed E-state index contributed by atoms with van der Waals surface area (Å²) in [5, 5.41) is 5.75. The van der Waals surface area contributed by atoms with Crippen molar-refractivity contribution in [3.63, 3.8) is 0 Å². The number of rotatable bonds is 7. The van der Waals surface area contributed by atoms with Crippen molar-refractivity contribution in [3.8, 4) is 0 Å². The SMILES string of the molecule is Cc1nn2c(C3CCCN(Cc4ccc(Cl)cc4)C3)ccnc2c1CN(C)Cc1ccccc1. The Hall–Kier alpha value is -2.73. The van der Waals surface area contributed by atoms with Gasteiger partial charge in [0.25, 0.3) is 0 Å². The number of aryl methyl sites for hydroxylation is 1. The van der Waals surface area contributed by atoms with Crippen LogP contribution in [0.15, 0.2) is 66.9 Å². The van der Waals surface area contributed by atoms with Gasteiger partial charge in [-0.05, 0) is 62.7 Å². The van der Waals surface area contributed by atoms with E-state index in [1.807, 2.05) is 18.3 Å². The highest BCUT2D eigenvalue weighted by molar-refractivity contribution is 6.30. The lowest BCUT2D eigenvalue weighted by atomic mass is 9.94. The van der Waals surface area contributed by atoms with Gasteiger partial charge in [0.1, 0.15) is 0 Å². The van der Waals surface area contributed by atoms with Crippen LogP contribution in [0.5, 0.6) is 0 Å². The molecule has 34 heavy (non-hydrogen) atoms. The van der Waals surface area contributed by atoms with Gasteiger partial charge in [-0.3, -0.25) is 9.80 Å². The van der Waals surface area contributed by atoms with Crippen LogP contribution < -0.4 is 0 Å². The van der Waals surface area contributed by atoms with Gasteiger partial charge in [0, 0.05) is 48.9 Å². The van der Waals surface area contributed by atoms with Gasteiger partial charge in [-0.2, -0.15) is 5.10 Å². The molecule has 2 aromatic carbocycles. The van der Waals surface area contributed by atoms with Crippen molar-refractivity contribution >= 4 is 17.2 Å². The first-order chi connectivity index (χ1) is 16.6. The molecule has 1 aliphatic rings. The highest BCUT2D eigenvalue weighted by atomic mass is 35.5. The minimum absolute atomic E-state index is 0.445. The predicted octanol–water partition coefficient (Wildman–Crippen LogP) is 5.70. The number of likely N-dealkylation sites (tertiary alicyclic amines) is 1. The summed E-state index contributed by atoms with van der Waals surface area (Å²) in [6.45, 7) is 6.95. The van der Waals surface area contributed by atoms with E-state index < -0.39 is 0 Å². The molecule has 2 aromatic heterocycles. The van der Waals surface area contributed by atoms with Crippen molar-refractivity contribution < 1.29 is 0 Å². The number of piperidine rings is 1. The zero-order valence-corrected chi connectivity index (χ0v) is 20.7. The van der Waals surface area contributed by atoms with Crippen LogP contribution in [0.25, 0.3) is 5.65 Å². The lowest BCUT2D eigenvalue weighted by Crippen LogP contribution is -2.34. The molecule has 0 amide bonds. The van der Waals surface area contributed by atoms with Crippen LogP contribution in [0.3, 0.4) is 0 Å². The van der Waals surface area contributed by atoms with Crippen molar-refractivity contribution in [1.82, 2.24) is 24.4 Å². The quantitative estimate of drug-likeness (QED) is 0.345. The van der Waals surface area contributed by atoms with Gasteiger partial charge >= 0.3 is 0 Å². The molecule has 1 saturated heterocycles. The van der Waals surface area contributed by atoms with E-state index in [1.54, 1.807) is 0 Å². The van der Waals surface area contributed by atoms with Crippen LogP contribution in [0.4, 0.5) is 0 Å². The third-order valence-electron chi connectivity index (χ3n) is 6.81. The fourth-order valence-electron chi connectivity index (χ4n) is 5.12. The first kappa shape index (κ1) is 23.0. The Bertz CT molecular complexity index is 1240. The van der Waals surface area contributed by atoms with Gasteiger partial charge < -0.3 is 0 Å². The fourth-order valence-corrected chi connectivity index (χ4v) is 5.24. The van der Waals surface area contributed by atoms with Crippen LogP contribution in [-0.2, 0) is 19.6 Å². The van der Waals surface area contributed by atoms with E-state index in [1.165, 1.54) is 35.2 Å². The standard InChI is InChI=1S/C28H32ClN5/c1-21-26(20-32(2)17-22-7-4-3-5-8-22)28-30-15-14-27(34(28)31-21)24-9-6-16-33(19-24)18-23-10-12-25(29)13-11-23/h3-5,7-8,10-15,24H,6,9,16-20H2,1-2H3. The maximum absolute atomic E-state index is 6.07. The van der Waals surface area contributed by atoms with Crippen LogP contribution in [-0.4, -0.2) is 44.5 Å².